The second-order valence-corrected chi connectivity index (χ2v) is 3.56. The SMILES string of the molecule is COCCCOCCOC(=O)c1ccnc(F)c1F. The number of pyridine rings is 1. The smallest absolute Gasteiger partial charge is 0.341 e. The highest BCUT2D eigenvalue weighted by Crippen LogP contribution is 2.10. The van der Waals surface area contributed by atoms with E-state index in [9.17, 15) is 13.6 Å². The third-order valence-corrected chi connectivity index (χ3v) is 2.16. The zero-order valence-corrected chi connectivity index (χ0v) is 10.5. The maximum atomic E-state index is 13.2. The average molecular weight is 275 g/mol. The predicted molar refractivity (Wildman–Crippen MR) is 61.7 cm³/mol. The molecule has 0 saturated carbocycles. The van der Waals surface area contributed by atoms with Gasteiger partial charge in [0.05, 0.1) is 6.61 Å². The monoisotopic (exact) mass is 275 g/mol. The highest BCUT2D eigenvalue weighted by Gasteiger charge is 2.17. The molecule has 0 fully saturated rings. The number of carbonyl (C=O) groups is 1. The molecule has 0 unspecified atom stereocenters. The van der Waals surface area contributed by atoms with Crippen LogP contribution in [0.15, 0.2) is 12.3 Å². The van der Waals surface area contributed by atoms with E-state index in [4.69, 9.17) is 14.2 Å². The van der Waals surface area contributed by atoms with E-state index in [2.05, 4.69) is 4.98 Å². The lowest BCUT2D eigenvalue weighted by Gasteiger charge is -2.06. The van der Waals surface area contributed by atoms with E-state index < -0.39 is 23.3 Å². The minimum absolute atomic E-state index is 0.0325. The number of ether oxygens (including phenoxy) is 3. The number of carbonyl (C=O) groups excluding carboxylic acids is 1. The van der Waals surface area contributed by atoms with Crippen molar-refractivity contribution in [1.29, 1.82) is 0 Å². The summed E-state index contributed by atoms with van der Waals surface area (Å²) in [5.74, 6) is -3.59. The Hall–Kier alpha value is -1.60. The first-order chi connectivity index (χ1) is 9.16. The van der Waals surface area contributed by atoms with Crippen LogP contribution < -0.4 is 0 Å². The van der Waals surface area contributed by atoms with Crippen molar-refractivity contribution in [3.8, 4) is 0 Å². The molecule has 0 aromatic carbocycles. The Morgan fingerprint density at radius 3 is 2.79 bits per heavy atom. The molecule has 1 heterocycles. The van der Waals surface area contributed by atoms with Crippen LogP contribution in [0.4, 0.5) is 8.78 Å². The standard InChI is InChI=1S/C12H15F2NO4/c1-17-5-2-6-18-7-8-19-12(16)9-3-4-15-11(14)10(9)13/h3-4H,2,5-8H2,1H3. The van der Waals surface area contributed by atoms with Crippen LogP contribution in [-0.4, -0.2) is 44.5 Å². The molecular weight excluding hydrogens is 260 g/mol. The van der Waals surface area contributed by atoms with E-state index in [0.29, 0.717) is 13.2 Å². The van der Waals surface area contributed by atoms with E-state index in [1.807, 2.05) is 0 Å². The lowest BCUT2D eigenvalue weighted by Crippen LogP contribution is -2.14. The third kappa shape index (κ3) is 5.27. The van der Waals surface area contributed by atoms with Crippen LogP contribution in [0.25, 0.3) is 0 Å². The molecule has 19 heavy (non-hydrogen) atoms. The first kappa shape index (κ1) is 15.5. The number of esters is 1. The van der Waals surface area contributed by atoms with E-state index in [0.717, 1.165) is 18.7 Å². The van der Waals surface area contributed by atoms with E-state index in [1.165, 1.54) is 0 Å². The van der Waals surface area contributed by atoms with Gasteiger partial charge in [0, 0.05) is 26.5 Å². The molecular formula is C12H15F2NO4. The molecule has 0 bridgehead atoms. The summed E-state index contributed by atoms with van der Waals surface area (Å²) in [6, 6.07) is 1.06. The van der Waals surface area contributed by atoms with Crippen LogP contribution in [0.5, 0.6) is 0 Å². The molecule has 1 aromatic rings. The fourth-order valence-corrected chi connectivity index (χ4v) is 1.25. The van der Waals surface area contributed by atoms with Crippen LogP contribution in [0, 0.1) is 11.8 Å². The molecule has 5 nitrogen and oxygen atoms in total. The number of hydrogen-bond donors (Lipinski definition) is 0. The Labute approximate surface area is 109 Å². The Morgan fingerprint density at radius 1 is 1.26 bits per heavy atom. The van der Waals surface area contributed by atoms with Crippen molar-refractivity contribution in [2.75, 3.05) is 33.5 Å². The second-order valence-electron chi connectivity index (χ2n) is 3.56. The van der Waals surface area contributed by atoms with Gasteiger partial charge in [-0.05, 0) is 12.5 Å². The van der Waals surface area contributed by atoms with Gasteiger partial charge in [-0.3, -0.25) is 0 Å². The van der Waals surface area contributed by atoms with E-state index >= 15 is 0 Å². The normalized spacial score (nSPS) is 10.5. The molecule has 1 rings (SSSR count). The molecule has 1 aromatic heterocycles. The van der Waals surface area contributed by atoms with Crippen LogP contribution in [0.2, 0.25) is 0 Å². The molecule has 0 N–H and O–H groups in total. The number of nitrogens with zero attached hydrogens (tertiary/aromatic N) is 1. The molecule has 0 aliphatic carbocycles. The van der Waals surface area contributed by atoms with Gasteiger partial charge in [0.2, 0.25) is 5.95 Å². The minimum Gasteiger partial charge on any atom is -0.460 e. The molecule has 0 amide bonds. The van der Waals surface area contributed by atoms with Gasteiger partial charge in [-0.1, -0.05) is 0 Å². The summed E-state index contributed by atoms with van der Waals surface area (Å²) in [7, 11) is 1.59. The molecule has 0 radical (unpaired) electrons. The highest BCUT2D eigenvalue weighted by atomic mass is 19.2. The molecule has 106 valence electrons. The summed E-state index contributed by atoms with van der Waals surface area (Å²) in [5, 5.41) is 0. The number of methoxy groups -OCH3 is 1. The van der Waals surface area contributed by atoms with Gasteiger partial charge in [-0.2, -0.15) is 4.39 Å². The topological polar surface area (TPSA) is 57.7 Å². The maximum Gasteiger partial charge on any atom is 0.341 e. The van der Waals surface area contributed by atoms with Gasteiger partial charge in [0.1, 0.15) is 12.2 Å². The zero-order valence-electron chi connectivity index (χ0n) is 10.5. The quantitative estimate of drug-likeness (QED) is 0.409. The summed E-state index contributed by atoms with van der Waals surface area (Å²) in [6.45, 7) is 1.21. The van der Waals surface area contributed by atoms with Crippen molar-refractivity contribution in [3.05, 3.63) is 29.6 Å². The highest BCUT2D eigenvalue weighted by molar-refractivity contribution is 5.89. The first-order valence-electron chi connectivity index (χ1n) is 5.70. The van der Waals surface area contributed by atoms with Crippen molar-refractivity contribution in [2.45, 2.75) is 6.42 Å². The lowest BCUT2D eigenvalue weighted by atomic mass is 10.2. The van der Waals surface area contributed by atoms with Gasteiger partial charge in [-0.25, -0.2) is 14.2 Å². The number of rotatable bonds is 8. The van der Waals surface area contributed by atoms with Gasteiger partial charge < -0.3 is 14.2 Å². The zero-order chi connectivity index (χ0) is 14.1. The van der Waals surface area contributed by atoms with Gasteiger partial charge in [0.15, 0.2) is 5.82 Å². The van der Waals surface area contributed by atoms with Crippen molar-refractivity contribution in [2.24, 2.45) is 0 Å². The minimum atomic E-state index is -1.33. The van der Waals surface area contributed by atoms with Gasteiger partial charge in [0.25, 0.3) is 0 Å². The van der Waals surface area contributed by atoms with E-state index in [1.54, 1.807) is 7.11 Å². The van der Waals surface area contributed by atoms with E-state index in [-0.39, 0.29) is 13.2 Å². The van der Waals surface area contributed by atoms with Crippen LogP contribution in [-0.2, 0) is 14.2 Å². The summed E-state index contributed by atoms with van der Waals surface area (Å²) in [5.41, 5.74) is -0.480. The lowest BCUT2D eigenvalue weighted by molar-refractivity contribution is 0.0283. The molecule has 0 spiro atoms. The molecule has 0 aliphatic rings. The summed E-state index contributed by atoms with van der Waals surface area (Å²) < 4.78 is 40.7. The Kier molecular flexibility index (Phi) is 6.91. The molecule has 0 saturated heterocycles. The van der Waals surface area contributed by atoms with Gasteiger partial charge >= 0.3 is 5.97 Å². The van der Waals surface area contributed by atoms with Crippen LogP contribution in [0.1, 0.15) is 16.8 Å². The number of halogens is 2. The van der Waals surface area contributed by atoms with Crippen molar-refractivity contribution in [3.63, 3.8) is 0 Å². The average Bonchev–Trinajstić information content (AvgIpc) is 2.40. The van der Waals surface area contributed by atoms with Crippen molar-refractivity contribution >= 4 is 5.97 Å². The van der Waals surface area contributed by atoms with Crippen LogP contribution >= 0.6 is 0 Å². The summed E-state index contributed by atoms with van der Waals surface area (Å²) in [6.07, 6.45) is 1.73. The fourth-order valence-electron chi connectivity index (χ4n) is 1.25. The Balaban J connectivity index is 2.26. The Morgan fingerprint density at radius 2 is 2.05 bits per heavy atom. The summed E-state index contributed by atoms with van der Waals surface area (Å²) in [4.78, 5) is 14.5. The van der Waals surface area contributed by atoms with Crippen LogP contribution in [0.3, 0.4) is 0 Å². The summed E-state index contributed by atoms with van der Waals surface area (Å²) >= 11 is 0. The molecule has 0 atom stereocenters. The largest absolute Gasteiger partial charge is 0.460 e. The van der Waals surface area contributed by atoms with Crippen molar-refractivity contribution < 1.29 is 27.8 Å². The molecule has 7 heteroatoms. The second kappa shape index (κ2) is 8.49. The predicted octanol–water partition coefficient (Wildman–Crippen LogP) is 1.57. The third-order valence-electron chi connectivity index (χ3n) is 2.16. The van der Waals surface area contributed by atoms with Crippen molar-refractivity contribution in [1.82, 2.24) is 4.98 Å². The Bertz CT molecular complexity index is 415. The molecule has 0 aliphatic heterocycles. The van der Waals surface area contributed by atoms with Gasteiger partial charge in [-0.15, -0.1) is 0 Å². The number of aromatic nitrogens is 1. The number of hydrogen-bond acceptors (Lipinski definition) is 5. The fraction of sp³-hybridized carbons (Fsp3) is 0.500. The first-order valence-corrected chi connectivity index (χ1v) is 5.70. The maximum absolute atomic E-state index is 13.2.